The molecule has 6 rings (SSSR count). The van der Waals surface area contributed by atoms with Crippen molar-refractivity contribution < 1.29 is 13.7 Å². The standard InChI is InChI=1S/C32H28ClFN4O3/c1-2-25(26-13-12-24(34)18-27(26)33)31(21-9-6-20(7-10-21)8-15-29-36-32(39)41-37-29)22-11-14-28-23(17-22)19-35-38(28)30-5-3-4-16-40-30/h6-15,17-19,30H,2-5,16H2,1H3,(H,36,37,39)/b15-8?,31-25-. The fourth-order valence-corrected chi connectivity index (χ4v) is 5.64. The highest BCUT2D eigenvalue weighted by Crippen LogP contribution is 2.39. The Hall–Kier alpha value is -4.27. The van der Waals surface area contributed by atoms with Crippen LogP contribution in [0.3, 0.4) is 0 Å². The Morgan fingerprint density at radius 2 is 1.93 bits per heavy atom. The van der Waals surface area contributed by atoms with Crippen LogP contribution >= 0.6 is 11.6 Å². The van der Waals surface area contributed by atoms with E-state index >= 15 is 0 Å². The Morgan fingerprint density at radius 1 is 1.10 bits per heavy atom. The first-order valence-electron chi connectivity index (χ1n) is 13.6. The molecule has 1 aliphatic heterocycles. The van der Waals surface area contributed by atoms with E-state index < -0.39 is 5.76 Å². The predicted octanol–water partition coefficient (Wildman–Crippen LogP) is 7.74. The lowest BCUT2D eigenvalue weighted by Crippen LogP contribution is -2.18. The predicted molar refractivity (Wildman–Crippen MR) is 159 cm³/mol. The molecule has 0 saturated carbocycles. The second kappa shape index (κ2) is 11.7. The maximum atomic E-state index is 14.0. The fraction of sp³-hybridized carbons (Fsp3) is 0.219. The maximum absolute atomic E-state index is 14.0. The summed E-state index contributed by atoms with van der Waals surface area (Å²) in [5, 5.41) is 9.71. The molecule has 1 unspecified atom stereocenters. The zero-order valence-electron chi connectivity index (χ0n) is 22.4. The molecule has 1 atom stereocenters. The first-order valence-corrected chi connectivity index (χ1v) is 14.0. The highest BCUT2D eigenvalue weighted by Gasteiger charge is 2.20. The Bertz CT molecular complexity index is 1810. The molecule has 1 aliphatic rings. The molecular weight excluding hydrogens is 543 g/mol. The summed E-state index contributed by atoms with van der Waals surface area (Å²) in [4.78, 5) is 13.7. The van der Waals surface area contributed by atoms with Crippen LogP contribution in [0.25, 0.3) is 34.2 Å². The number of aromatic nitrogens is 4. The molecule has 1 N–H and O–H groups in total. The number of aromatic amines is 1. The van der Waals surface area contributed by atoms with Gasteiger partial charge in [0.1, 0.15) is 5.82 Å². The van der Waals surface area contributed by atoms with Crippen LogP contribution in [0.1, 0.15) is 66.9 Å². The molecule has 1 fully saturated rings. The third kappa shape index (κ3) is 5.66. The number of rotatable bonds is 7. The molecule has 9 heteroatoms. The maximum Gasteiger partial charge on any atom is 0.439 e. The summed E-state index contributed by atoms with van der Waals surface area (Å²) in [5.41, 5.74) is 6.71. The normalized spacial score (nSPS) is 16.4. The van der Waals surface area contributed by atoms with E-state index in [1.165, 1.54) is 12.1 Å². The van der Waals surface area contributed by atoms with Crippen LogP contribution in [-0.2, 0) is 4.74 Å². The Balaban J connectivity index is 1.45. The van der Waals surface area contributed by atoms with E-state index in [0.29, 0.717) is 17.3 Å². The van der Waals surface area contributed by atoms with Crippen LogP contribution in [-0.4, -0.2) is 26.5 Å². The van der Waals surface area contributed by atoms with Gasteiger partial charge in [-0.15, -0.1) is 0 Å². The second-order valence-corrected chi connectivity index (χ2v) is 10.4. The number of hydrogen-bond donors (Lipinski definition) is 1. The number of benzene rings is 3. The molecule has 0 radical (unpaired) electrons. The zero-order valence-corrected chi connectivity index (χ0v) is 23.2. The molecule has 0 amide bonds. The van der Waals surface area contributed by atoms with Gasteiger partial charge < -0.3 is 4.74 Å². The Morgan fingerprint density at radius 3 is 2.63 bits per heavy atom. The van der Waals surface area contributed by atoms with Crippen molar-refractivity contribution in [3.05, 3.63) is 116 Å². The highest BCUT2D eigenvalue weighted by atomic mass is 35.5. The molecule has 41 heavy (non-hydrogen) atoms. The minimum Gasteiger partial charge on any atom is -0.356 e. The minimum absolute atomic E-state index is 0.0537. The third-order valence-electron chi connectivity index (χ3n) is 7.31. The summed E-state index contributed by atoms with van der Waals surface area (Å²) >= 11 is 6.58. The van der Waals surface area contributed by atoms with Crippen LogP contribution < -0.4 is 5.76 Å². The van der Waals surface area contributed by atoms with E-state index in [9.17, 15) is 9.18 Å². The monoisotopic (exact) mass is 570 g/mol. The molecule has 3 aromatic carbocycles. The quantitative estimate of drug-likeness (QED) is 0.202. The van der Waals surface area contributed by atoms with Gasteiger partial charge in [0.15, 0.2) is 12.1 Å². The molecular formula is C32H28ClFN4O3. The van der Waals surface area contributed by atoms with Crippen LogP contribution in [0.15, 0.2) is 76.2 Å². The number of nitrogens with one attached hydrogen (secondary N) is 1. The largest absolute Gasteiger partial charge is 0.439 e. The molecule has 0 aliphatic carbocycles. The van der Waals surface area contributed by atoms with E-state index in [0.717, 1.165) is 70.2 Å². The average molecular weight is 571 g/mol. The van der Waals surface area contributed by atoms with Gasteiger partial charge in [-0.25, -0.2) is 13.9 Å². The van der Waals surface area contributed by atoms with Crippen molar-refractivity contribution in [3.63, 3.8) is 0 Å². The number of ether oxygens (including phenoxy) is 1. The molecule has 0 bridgehead atoms. The van der Waals surface area contributed by atoms with Crippen LogP contribution in [0.5, 0.6) is 0 Å². The van der Waals surface area contributed by atoms with Gasteiger partial charge in [-0.05, 0) is 89.4 Å². The number of fused-ring (bicyclic) bond motifs is 1. The van der Waals surface area contributed by atoms with E-state index in [4.69, 9.17) is 16.3 Å². The van der Waals surface area contributed by atoms with Gasteiger partial charge in [0.05, 0.1) is 16.7 Å². The summed E-state index contributed by atoms with van der Waals surface area (Å²) in [6.07, 6.45) is 9.16. The molecule has 5 aromatic rings. The summed E-state index contributed by atoms with van der Waals surface area (Å²) in [6.45, 7) is 2.82. The van der Waals surface area contributed by atoms with Crippen LogP contribution in [0.2, 0.25) is 5.02 Å². The molecule has 0 spiro atoms. The zero-order chi connectivity index (χ0) is 28.3. The van der Waals surface area contributed by atoms with Crippen LogP contribution in [0, 0.1) is 5.82 Å². The third-order valence-corrected chi connectivity index (χ3v) is 7.63. The van der Waals surface area contributed by atoms with Gasteiger partial charge in [0.25, 0.3) is 0 Å². The van der Waals surface area contributed by atoms with Gasteiger partial charge in [0, 0.05) is 12.0 Å². The highest BCUT2D eigenvalue weighted by molar-refractivity contribution is 6.32. The van der Waals surface area contributed by atoms with Crippen molar-refractivity contribution in [2.45, 2.75) is 38.8 Å². The SMILES string of the molecule is CC/C(=C(\c1ccc(C=Cc2noc(=O)[nH]2)cc1)c1ccc2c(cnn2C2CCCCO2)c1)c1ccc(F)cc1Cl. The van der Waals surface area contributed by atoms with E-state index in [1.807, 2.05) is 41.2 Å². The summed E-state index contributed by atoms with van der Waals surface area (Å²) in [6, 6.07) is 18.9. The summed E-state index contributed by atoms with van der Waals surface area (Å²) in [5.74, 6) is -0.638. The lowest BCUT2D eigenvalue weighted by Gasteiger charge is -2.23. The second-order valence-electron chi connectivity index (χ2n) is 9.95. The fourth-order valence-electron chi connectivity index (χ4n) is 5.35. The van der Waals surface area contributed by atoms with E-state index in [1.54, 1.807) is 12.1 Å². The minimum atomic E-state index is -0.602. The molecule has 208 valence electrons. The summed E-state index contributed by atoms with van der Waals surface area (Å²) in [7, 11) is 0. The lowest BCUT2D eigenvalue weighted by atomic mass is 9.87. The smallest absolute Gasteiger partial charge is 0.356 e. The molecule has 3 heterocycles. The first-order chi connectivity index (χ1) is 20.0. The molecule has 2 aromatic heterocycles. The molecule has 1 saturated heterocycles. The van der Waals surface area contributed by atoms with Gasteiger partial charge in [-0.3, -0.25) is 9.51 Å². The number of nitrogens with zero attached hydrogens (tertiary/aromatic N) is 3. The van der Waals surface area contributed by atoms with Crippen molar-refractivity contribution in [2.75, 3.05) is 6.61 Å². The topological polar surface area (TPSA) is 85.9 Å². The van der Waals surface area contributed by atoms with Gasteiger partial charge in [-0.2, -0.15) is 5.10 Å². The summed E-state index contributed by atoms with van der Waals surface area (Å²) < 4.78 is 26.5. The van der Waals surface area contributed by atoms with Gasteiger partial charge in [-0.1, -0.05) is 66.2 Å². The number of H-pyrrole nitrogens is 1. The number of halogens is 2. The molecule has 7 nitrogen and oxygen atoms in total. The Kier molecular flexibility index (Phi) is 7.67. The van der Waals surface area contributed by atoms with E-state index in [-0.39, 0.29) is 12.0 Å². The van der Waals surface area contributed by atoms with Crippen molar-refractivity contribution >= 4 is 45.8 Å². The lowest BCUT2D eigenvalue weighted by molar-refractivity contribution is -0.0366. The van der Waals surface area contributed by atoms with Crippen molar-refractivity contribution in [2.24, 2.45) is 0 Å². The van der Waals surface area contributed by atoms with Crippen molar-refractivity contribution in [3.8, 4) is 0 Å². The average Bonchev–Trinajstić information content (AvgIpc) is 3.61. The van der Waals surface area contributed by atoms with Gasteiger partial charge >= 0.3 is 5.76 Å². The van der Waals surface area contributed by atoms with Crippen molar-refractivity contribution in [1.29, 1.82) is 0 Å². The van der Waals surface area contributed by atoms with Gasteiger partial charge in [0.2, 0.25) is 0 Å². The van der Waals surface area contributed by atoms with E-state index in [2.05, 4.69) is 44.9 Å². The first kappa shape index (κ1) is 26.9. The Labute approximate surface area is 240 Å². The number of allylic oxidation sites excluding steroid dienone is 1. The number of hydrogen-bond acceptors (Lipinski definition) is 5. The van der Waals surface area contributed by atoms with Crippen LogP contribution in [0.4, 0.5) is 4.39 Å². The van der Waals surface area contributed by atoms with Crippen molar-refractivity contribution in [1.82, 2.24) is 19.9 Å².